The van der Waals surface area contributed by atoms with E-state index in [-0.39, 0.29) is 24.9 Å². The molecule has 0 aliphatic carbocycles. The molecular weight excluding hydrogens is 364 g/mol. The van der Waals surface area contributed by atoms with Gasteiger partial charge in [0.25, 0.3) is 0 Å². The van der Waals surface area contributed by atoms with Gasteiger partial charge < -0.3 is 14.2 Å². The van der Waals surface area contributed by atoms with E-state index < -0.39 is 17.2 Å². The van der Waals surface area contributed by atoms with Gasteiger partial charge in [0, 0.05) is 12.2 Å². The Hall–Kier alpha value is -1.96. The van der Waals surface area contributed by atoms with Crippen LogP contribution in [0.4, 0.5) is 0 Å². The fraction of sp³-hybridized carbons (Fsp3) is 0.619. The van der Waals surface area contributed by atoms with E-state index in [1.54, 1.807) is 52.1 Å². The Labute approximate surface area is 166 Å². The minimum atomic E-state index is -1.58. The fourth-order valence-corrected chi connectivity index (χ4v) is 2.64. The highest BCUT2D eigenvalue weighted by Gasteiger charge is 2.42. The lowest BCUT2D eigenvalue weighted by Crippen LogP contribution is -2.44. The number of rotatable bonds is 9. The van der Waals surface area contributed by atoms with Gasteiger partial charge in [-0.3, -0.25) is 4.79 Å². The predicted octanol–water partition coefficient (Wildman–Crippen LogP) is 3.50. The van der Waals surface area contributed by atoms with Crippen molar-refractivity contribution in [3.05, 3.63) is 29.8 Å². The van der Waals surface area contributed by atoms with Crippen molar-refractivity contribution in [3.63, 3.8) is 0 Å². The quantitative estimate of drug-likeness (QED) is 0.274. The minimum Gasteiger partial charge on any atom is -0.497 e. The average Bonchev–Trinajstić information content (AvgIpc) is 3.17. The van der Waals surface area contributed by atoms with Crippen LogP contribution in [0.25, 0.3) is 0 Å². The molecule has 0 N–H and O–H groups in total. The molecule has 1 saturated heterocycles. The molecule has 0 amide bonds. The molecule has 1 aliphatic rings. The van der Waals surface area contributed by atoms with E-state index in [9.17, 15) is 9.59 Å². The van der Waals surface area contributed by atoms with Crippen LogP contribution < -0.4 is 4.74 Å². The molecule has 1 fully saturated rings. The summed E-state index contributed by atoms with van der Waals surface area (Å²) in [7, 11) is 1.55. The number of Topliss-reactive ketones (excluding diaryl/α,β-unsaturated/α-hetero) is 1. The lowest BCUT2D eigenvalue weighted by Gasteiger charge is -2.29. The molecule has 2 atom stereocenters. The monoisotopic (exact) mass is 394 g/mol. The first kappa shape index (κ1) is 22.3. The van der Waals surface area contributed by atoms with Crippen molar-refractivity contribution in [1.82, 2.24) is 0 Å². The Morgan fingerprint density at radius 1 is 1.11 bits per heavy atom. The fourth-order valence-electron chi connectivity index (χ4n) is 2.64. The van der Waals surface area contributed by atoms with Gasteiger partial charge in [-0.1, -0.05) is 0 Å². The van der Waals surface area contributed by atoms with Crippen LogP contribution in [0.2, 0.25) is 0 Å². The number of ether oxygens (including phenoxy) is 3. The smallest absolute Gasteiger partial charge is 0.342 e. The van der Waals surface area contributed by atoms with Gasteiger partial charge in [-0.05, 0) is 64.8 Å². The van der Waals surface area contributed by atoms with Crippen LogP contribution in [-0.4, -0.2) is 49.4 Å². The van der Waals surface area contributed by atoms with Crippen molar-refractivity contribution < 1.29 is 33.6 Å². The molecule has 0 bridgehead atoms. The summed E-state index contributed by atoms with van der Waals surface area (Å²) in [6.45, 7) is 7.66. The molecule has 0 aromatic heterocycles. The molecule has 1 aliphatic heterocycles. The van der Waals surface area contributed by atoms with Crippen LogP contribution in [0.15, 0.2) is 24.3 Å². The van der Waals surface area contributed by atoms with Gasteiger partial charge >= 0.3 is 5.97 Å². The number of hydrogen-bond acceptors (Lipinski definition) is 7. The zero-order valence-corrected chi connectivity index (χ0v) is 17.3. The van der Waals surface area contributed by atoms with Gasteiger partial charge in [0.15, 0.2) is 5.78 Å². The first-order chi connectivity index (χ1) is 13.1. The second-order valence-electron chi connectivity index (χ2n) is 8.07. The molecule has 0 spiro atoms. The third-order valence-electron chi connectivity index (χ3n) is 4.24. The van der Waals surface area contributed by atoms with Crippen molar-refractivity contribution in [2.45, 2.75) is 64.3 Å². The van der Waals surface area contributed by atoms with Crippen LogP contribution in [0.1, 0.15) is 57.3 Å². The number of benzene rings is 1. The van der Waals surface area contributed by atoms with Crippen LogP contribution in [0, 0.1) is 0 Å². The molecule has 0 radical (unpaired) electrons. The van der Waals surface area contributed by atoms with E-state index in [2.05, 4.69) is 0 Å². The molecule has 2 rings (SSSR count). The Bertz CT molecular complexity index is 656. The lowest BCUT2D eigenvalue weighted by atomic mass is 9.95. The highest BCUT2D eigenvalue weighted by atomic mass is 17.2. The maximum absolute atomic E-state index is 12.8. The van der Waals surface area contributed by atoms with Gasteiger partial charge in [0.1, 0.15) is 12.4 Å². The van der Waals surface area contributed by atoms with Gasteiger partial charge in [0.05, 0.1) is 25.2 Å². The molecular formula is C21H30O7. The molecule has 28 heavy (non-hydrogen) atoms. The van der Waals surface area contributed by atoms with E-state index in [0.717, 1.165) is 12.8 Å². The summed E-state index contributed by atoms with van der Waals surface area (Å²) < 4.78 is 16.0. The van der Waals surface area contributed by atoms with Crippen LogP contribution in [-0.2, 0) is 24.0 Å². The van der Waals surface area contributed by atoms with E-state index in [0.29, 0.717) is 17.9 Å². The lowest BCUT2D eigenvalue weighted by molar-refractivity contribution is -0.392. The highest BCUT2D eigenvalue weighted by Crippen LogP contribution is 2.25. The van der Waals surface area contributed by atoms with E-state index in [4.69, 9.17) is 24.0 Å². The molecule has 156 valence electrons. The van der Waals surface area contributed by atoms with Gasteiger partial charge in [0.2, 0.25) is 5.60 Å². The SMILES string of the molecule is COc1ccc(C(=O)CC(C)(OOC(C)(C)C)C(=O)OCC2CCCO2)cc1. The third-order valence-corrected chi connectivity index (χ3v) is 4.24. The molecule has 1 heterocycles. The number of methoxy groups -OCH3 is 1. The zero-order chi connectivity index (χ0) is 20.8. The minimum absolute atomic E-state index is 0.117. The molecule has 7 nitrogen and oxygen atoms in total. The van der Waals surface area contributed by atoms with Crippen molar-refractivity contribution in [1.29, 1.82) is 0 Å². The average molecular weight is 394 g/mol. The summed E-state index contributed by atoms with van der Waals surface area (Å²) in [6.07, 6.45) is 1.45. The number of carbonyl (C=O) groups is 2. The van der Waals surface area contributed by atoms with Crippen molar-refractivity contribution in [2.24, 2.45) is 0 Å². The number of esters is 1. The Morgan fingerprint density at radius 2 is 1.79 bits per heavy atom. The van der Waals surface area contributed by atoms with Crippen molar-refractivity contribution in [3.8, 4) is 5.75 Å². The summed E-state index contributed by atoms with van der Waals surface area (Å²) in [5, 5.41) is 0. The van der Waals surface area contributed by atoms with Gasteiger partial charge in [-0.2, -0.15) is 0 Å². The van der Waals surface area contributed by atoms with Crippen LogP contribution in [0.3, 0.4) is 0 Å². The largest absolute Gasteiger partial charge is 0.497 e. The number of carbonyl (C=O) groups excluding carboxylic acids is 2. The third kappa shape index (κ3) is 6.58. The van der Waals surface area contributed by atoms with E-state index in [1.807, 2.05) is 0 Å². The Balaban J connectivity index is 2.08. The second-order valence-corrected chi connectivity index (χ2v) is 8.07. The van der Waals surface area contributed by atoms with Gasteiger partial charge in [-0.25, -0.2) is 14.6 Å². The van der Waals surface area contributed by atoms with E-state index >= 15 is 0 Å². The predicted molar refractivity (Wildman–Crippen MR) is 102 cm³/mol. The maximum Gasteiger partial charge on any atom is 0.342 e. The molecule has 1 aromatic rings. The highest BCUT2D eigenvalue weighted by molar-refractivity contribution is 5.99. The number of hydrogen-bond donors (Lipinski definition) is 0. The van der Waals surface area contributed by atoms with Crippen LogP contribution >= 0.6 is 0 Å². The maximum atomic E-state index is 12.8. The summed E-state index contributed by atoms with van der Waals surface area (Å²) >= 11 is 0. The van der Waals surface area contributed by atoms with Crippen molar-refractivity contribution >= 4 is 11.8 Å². The second kappa shape index (κ2) is 9.49. The molecule has 2 unspecified atom stereocenters. The summed E-state index contributed by atoms with van der Waals surface area (Å²) in [5.74, 6) is -0.284. The molecule has 1 aromatic carbocycles. The van der Waals surface area contributed by atoms with Gasteiger partial charge in [-0.15, -0.1) is 0 Å². The summed E-state index contributed by atoms with van der Waals surface area (Å²) in [4.78, 5) is 36.3. The van der Waals surface area contributed by atoms with Crippen LogP contribution in [0.5, 0.6) is 5.75 Å². The Morgan fingerprint density at radius 3 is 2.32 bits per heavy atom. The molecule has 0 saturated carbocycles. The first-order valence-corrected chi connectivity index (χ1v) is 9.46. The normalized spacial score (nSPS) is 19.1. The number of ketones is 1. The van der Waals surface area contributed by atoms with E-state index in [1.165, 1.54) is 6.92 Å². The summed E-state index contributed by atoms with van der Waals surface area (Å²) in [6, 6.07) is 6.66. The zero-order valence-electron chi connectivity index (χ0n) is 17.3. The first-order valence-electron chi connectivity index (χ1n) is 9.46. The Kier molecular flexibility index (Phi) is 7.57. The standard InChI is InChI=1S/C21H30O7/c1-20(2,3)27-28-21(4,19(23)26-14-17-7-6-12-25-17)13-18(22)15-8-10-16(24-5)11-9-15/h8-11,17H,6-7,12-14H2,1-5H3. The summed E-state index contributed by atoms with van der Waals surface area (Å²) in [5.41, 5.74) is -1.79. The van der Waals surface area contributed by atoms with Crippen molar-refractivity contribution in [2.75, 3.05) is 20.3 Å². The topological polar surface area (TPSA) is 80.3 Å². The molecule has 7 heteroatoms.